The molecule has 0 saturated carbocycles. The van der Waals surface area contributed by atoms with Crippen LogP contribution in [0.1, 0.15) is 0 Å². The lowest BCUT2D eigenvalue weighted by Gasteiger charge is -2.07. The van der Waals surface area contributed by atoms with E-state index in [1.165, 1.54) is 7.11 Å². The second-order valence-electron chi connectivity index (χ2n) is 3.79. The topological polar surface area (TPSA) is 60.7 Å². The Bertz CT molecular complexity index is 547. The lowest BCUT2D eigenvalue weighted by Crippen LogP contribution is -2.12. The Morgan fingerprint density at radius 1 is 1.39 bits per heavy atom. The van der Waals surface area contributed by atoms with Crippen LogP contribution in [0.25, 0.3) is 10.9 Å². The first kappa shape index (κ1) is 12.4. The number of esters is 1. The van der Waals surface area contributed by atoms with E-state index in [1.54, 1.807) is 6.07 Å². The molecule has 1 heterocycles. The minimum absolute atomic E-state index is 0.0804. The summed E-state index contributed by atoms with van der Waals surface area (Å²) >= 11 is 0. The lowest BCUT2D eigenvalue weighted by atomic mass is 10.2. The molecule has 5 nitrogen and oxygen atoms in total. The molecule has 0 radical (unpaired) electrons. The summed E-state index contributed by atoms with van der Waals surface area (Å²) in [6.07, 6.45) is 1.88. The van der Waals surface area contributed by atoms with Gasteiger partial charge in [0.1, 0.15) is 5.75 Å². The number of hydrogen-bond donors (Lipinski definition) is 1. The molecular formula is C13H15NO4. The van der Waals surface area contributed by atoms with Crippen molar-refractivity contribution in [1.82, 2.24) is 4.57 Å². The van der Waals surface area contributed by atoms with Crippen LogP contribution in [0.3, 0.4) is 0 Å². The fourth-order valence-corrected chi connectivity index (χ4v) is 1.82. The van der Waals surface area contributed by atoms with Crippen LogP contribution in [-0.4, -0.2) is 36.0 Å². The number of ether oxygens (including phenoxy) is 2. The lowest BCUT2D eigenvalue weighted by molar-refractivity contribution is -0.142. The summed E-state index contributed by atoms with van der Waals surface area (Å²) in [7, 11) is 1.32. The Labute approximate surface area is 105 Å². The Hall–Kier alpha value is -2.01. The van der Waals surface area contributed by atoms with E-state index in [2.05, 4.69) is 4.74 Å². The van der Waals surface area contributed by atoms with Crippen molar-refractivity contribution < 1.29 is 19.4 Å². The van der Waals surface area contributed by atoms with Gasteiger partial charge in [0, 0.05) is 18.1 Å². The molecule has 0 bridgehead atoms. The van der Waals surface area contributed by atoms with Crippen molar-refractivity contribution in [1.29, 1.82) is 0 Å². The number of aromatic nitrogens is 1. The molecule has 1 N–H and O–H groups in total. The third-order valence-corrected chi connectivity index (χ3v) is 2.69. The molecule has 2 rings (SSSR count). The van der Waals surface area contributed by atoms with Gasteiger partial charge in [-0.2, -0.15) is 0 Å². The van der Waals surface area contributed by atoms with Crippen molar-refractivity contribution in [3.63, 3.8) is 0 Å². The van der Waals surface area contributed by atoms with Crippen LogP contribution in [0, 0.1) is 0 Å². The first-order chi connectivity index (χ1) is 8.76. The summed E-state index contributed by atoms with van der Waals surface area (Å²) < 4.78 is 11.9. The van der Waals surface area contributed by atoms with Crippen LogP contribution in [0.5, 0.6) is 5.75 Å². The van der Waals surface area contributed by atoms with E-state index < -0.39 is 5.97 Å². The highest BCUT2D eigenvalue weighted by Crippen LogP contribution is 2.26. The van der Waals surface area contributed by atoms with Gasteiger partial charge in [-0.25, -0.2) is 4.79 Å². The number of carbonyl (C=O) groups is 1. The maximum atomic E-state index is 11.0. The Balaban J connectivity index is 2.26. The van der Waals surface area contributed by atoms with Gasteiger partial charge in [-0.1, -0.05) is 6.07 Å². The van der Waals surface area contributed by atoms with E-state index in [0.29, 0.717) is 12.3 Å². The maximum Gasteiger partial charge on any atom is 0.343 e. The van der Waals surface area contributed by atoms with Gasteiger partial charge < -0.3 is 19.1 Å². The molecule has 0 aliphatic rings. The zero-order valence-corrected chi connectivity index (χ0v) is 10.1. The second-order valence-corrected chi connectivity index (χ2v) is 3.79. The Morgan fingerprint density at radius 3 is 2.94 bits per heavy atom. The van der Waals surface area contributed by atoms with Crippen LogP contribution in [0.15, 0.2) is 30.5 Å². The fraction of sp³-hybridized carbons (Fsp3) is 0.308. The zero-order valence-electron chi connectivity index (χ0n) is 10.1. The molecule has 0 aliphatic carbocycles. The molecule has 2 aromatic rings. The standard InChI is InChI=1S/C13H15NO4/c1-17-13(16)9-18-12-4-2-3-11-10(12)5-6-14(11)7-8-15/h2-6,15H,7-9H2,1H3. The van der Waals surface area contributed by atoms with E-state index in [0.717, 1.165) is 10.9 Å². The van der Waals surface area contributed by atoms with Gasteiger partial charge >= 0.3 is 5.97 Å². The molecule has 96 valence electrons. The number of rotatable bonds is 5. The Morgan fingerprint density at radius 2 is 2.22 bits per heavy atom. The number of hydrogen-bond acceptors (Lipinski definition) is 4. The van der Waals surface area contributed by atoms with Crippen LogP contribution < -0.4 is 4.74 Å². The second kappa shape index (κ2) is 5.55. The summed E-state index contributed by atoms with van der Waals surface area (Å²) in [6, 6.07) is 7.49. The number of aliphatic hydroxyl groups excluding tert-OH is 1. The number of carbonyl (C=O) groups excluding carboxylic acids is 1. The molecule has 0 amide bonds. The highest BCUT2D eigenvalue weighted by atomic mass is 16.6. The smallest absolute Gasteiger partial charge is 0.343 e. The molecule has 5 heteroatoms. The summed E-state index contributed by atoms with van der Waals surface area (Å²) in [5, 5.41) is 9.87. The fourth-order valence-electron chi connectivity index (χ4n) is 1.82. The predicted molar refractivity (Wildman–Crippen MR) is 66.5 cm³/mol. The third-order valence-electron chi connectivity index (χ3n) is 2.69. The third kappa shape index (κ3) is 2.46. The maximum absolute atomic E-state index is 11.0. The van der Waals surface area contributed by atoms with Gasteiger partial charge in [0.15, 0.2) is 6.61 Å². The first-order valence-electron chi connectivity index (χ1n) is 5.64. The van der Waals surface area contributed by atoms with E-state index in [1.807, 2.05) is 29.0 Å². The molecular weight excluding hydrogens is 234 g/mol. The normalized spacial score (nSPS) is 10.6. The van der Waals surface area contributed by atoms with Crippen molar-refractivity contribution in [2.24, 2.45) is 0 Å². The highest BCUT2D eigenvalue weighted by Gasteiger charge is 2.08. The number of fused-ring (bicyclic) bond motifs is 1. The van der Waals surface area contributed by atoms with Gasteiger partial charge in [0.05, 0.1) is 19.2 Å². The summed E-state index contributed by atoms with van der Waals surface area (Å²) in [5.41, 5.74) is 0.964. The van der Waals surface area contributed by atoms with Crippen molar-refractivity contribution in [3.05, 3.63) is 30.5 Å². The molecule has 0 fully saturated rings. The highest BCUT2D eigenvalue weighted by molar-refractivity contribution is 5.86. The minimum Gasteiger partial charge on any atom is -0.481 e. The minimum atomic E-state index is -0.415. The van der Waals surface area contributed by atoms with Crippen molar-refractivity contribution in [2.45, 2.75) is 6.54 Å². The van der Waals surface area contributed by atoms with Gasteiger partial charge in [-0.15, -0.1) is 0 Å². The largest absolute Gasteiger partial charge is 0.481 e. The molecule has 1 aromatic heterocycles. The molecule has 0 unspecified atom stereocenters. The molecule has 0 atom stereocenters. The summed E-state index contributed by atoms with van der Waals surface area (Å²) in [5.74, 6) is 0.219. The zero-order chi connectivity index (χ0) is 13.0. The van der Waals surface area contributed by atoms with Crippen molar-refractivity contribution >= 4 is 16.9 Å². The van der Waals surface area contributed by atoms with Crippen molar-refractivity contribution in [3.8, 4) is 5.75 Å². The van der Waals surface area contributed by atoms with E-state index in [4.69, 9.17) is 9.84 Å². The first-order valence-corrected chi connectivity index (χ1v) is 5.64. The molecule has 0 aliphatic heterocycles. The Kier molecular flexibility index (Phi) is 3.84. The van der Waals surface area contributed by atoms with Gasteiger partial charge in [-0.05, 0) is 18.2 Å². The number of aliphatic hydroxyl groups is 1. The number of benzene rings is 1. The molecule has 0 spiro atoms. The predicted octanol–water partition coefficient (Wildman–Crippen LogP) is 1.19. The quantitative estimate of drug-likeness (QED) is 0.808. The van der Waals surface area contributed by atoms with Crippen LogP contribution >= 0.6 is 0 Å². The van der Waals surface area contributed by atoms with Crippen LogP contribution in [-0.2, 0) is 16.1 Å². The van der Waals surface area contributed by atoms with Gasteiger partial charge in [0.25, 0.3) is 0 Å². The number of nitrogens with zero attached hydrogens (tertiary/aromatic N) is 1. The van der Waals surface area contributed by atoms with Crippen LogP contribution in [0.4, 0.5) is 0 Å². The van der Waals surface area contributed by atoms with Crippen LogP contribution in [0.2, 0.25) is 0 Å². The monoisotopic (exact) mass is 249 g/mol. The van der Waals surface area contributed by atoms with E-state index in [-0.39, 0.29) is 13.2 Å². The average Bonchev–Trinajstić information content (AvgIpc) is 2.80. The SMILES string of the molecule is COC(=O)COc1cccc2c1ccn2CCO. The van der Waals surface area contributed by atoms with Gasteiger partial charge in [-0.3, -0.25) is 0 Å². The molecule has 0 saturated heterocycles. The molecule has 18 heavy (non-hydrogen) atoms. The summed E-state index contributed by atoms with van der Waals surface area (Å²) in [6.45, 7) is 0.502. The van der Waals surface area contributed by atoms with E-state index >= 15 is 0 Å². The van der Waals surface area contributed by atoms with Gasteiger partial charge in [0.2, 0.25) is 0 Å². The molecule has 1 aromatic carbocycles. The average molecular weight is 249 g/mol. The van der Waals surface area contributed by atoms with Crippen molar-refractivity contribution in [2.75, 3.05) is 20.3 Å². The summed E-state index contributed by atoms with van der Waals surface area (Å²) in [4.78, 5) is 11.0. The number of methoxy groups -OCH3 is 1. The van der Waals surface area contributed by atoms with E-state index in [9.17, 15) is 4.79 Å².